The Hall–Kier alpha value is -3.97. The number of ether oxygens (including phenoxy) is 1. The lowest BCUT2D eigenvalue weighted by Crippen LogP contribution is -2.54. The molecular formula is C28H33FN8O3. The summed E-state index contributed by atoms with van der Waals surface area (Å²) >= 11 is 0. The maximum Gasteiger partial charge on any atom is 0.244 e. The number of hydrogen-bond acceptors (Lipinski definition) is 9. The number of nitrogens with one attached hydrogen (secondary N) is 3. The number of aliphatic hydroxyl groups is 1. The number of aromatic nitrogens is 4. The van der Waals surface area contributed by atoms with Gasteiger partial charge in [-0.1, -0.05) is 12.1 Å². The molecular weight excluding hydrogens is 515 g/mol. The molecule has 210 valence electrons. The highest BCUT2D eigenvalue weighted by molar-refractivity contribution is 6.06. The van der Waals surface area contributed by atoms with Gasteiger partial charge in [0, 0.05) is 50.4 Å². The quantitative estimate of drug-likeness (QED) is 0.249. The number of carbonyl (C=O) groups excluding carboxylic acids is 1. The second-order valence-corrected chi connectivity index (χ2v) is 9.89. The fraction of sp³-hybridized carbons (Fsp3) is 0.357. The second kappa shape index (κ2) is 12.0. The summed E-state index contributed by atoms with van der Waals surface area (Å²) in [6, 6.07) is 8.46. The van der Waals surface area contributed by atoms with E-state index in [4.69, 9.17) is 4.74 Å². The largest absolute Gasteiger partial charge is 0.387 e. The molecule has 4 aromatic rings. The second-order valence-electron chi connectivity index (χ2n) is 9.89. The van der Waals surface area contributed by atoms with E-state index in [2.05, 4.69) is 47.4 Å². The third-order valence-electron chi connectivity index (χ3n) is 7.05. The van der Waals surface area contributed by atoms with E-state index in [1.807, 2.05) is 18.2 Å². The van der Waals surface area contributed by atoms with Crippen molar-refractivity contribution >= 4 is 34.1 Å². The van der Waals surface area contributed by atoms with Crippen LogP contribution in [0.3, 0.4) is 0 Å². The Balaban J connectivity index is 1.39. The van der Waals surface area contributed by atoms with Crippen molar-refractivity contribution in [2.24, 2.45) is 0 Å². The molecule has 11 nitrogen and oxygen atoms in total. The average Bonchev–Trinajstić information content (AvgIpc) is 3.38. The van der Waals surface area contributed by atoms with Crippen LogP contribution in [0.5, 0.6) is 0 Å². The van der Waals surface area contributed by atoms with Crippen LogP contribution in [0, 0.1) is 5.82 Å². The van der Waals surface area contributed by atoms with Gasteiger partial charge in [0.2, 0.25) is 11.9 Å². The highest BCUT2D eigenvalue weighted by atomic mass is 19.1. The van der Waals surface area contributed by atoms with Gasteiger partial charge in [-0.15, -0.1) is 0 Å². The van der Waals surface area contributed by atoms with E-state index < -0.39 is 18.0 Å². The summed E-state index contributed by atoms with van der Waals surface area (Å²) in [4.78, 5) is 33.6. The van der Waals surface area contributed by atoms with Crippen molar-refractivity contribution in [1.82, 2.24) is 29.7 Å². The average molecular weight is 549 g/mol. The van der Waals surface area contributed by atoms with Crippen molar-refractivity contribution in [2.45, 2.75) is 19.1 Å². The first-order valence-corrected chi connectivity index (χ1v) is 13.1. The number of pyridine rings is 1. The number of nitrogens with zero attached hydrogens (tertiary/aromatic N) is 5. The van der Waals surface area contributed by atoms with Gasteiger partial charge < -0.3 is 30.4 Å². The minimum atomic E-state index is -0.683. The number of methoxy groups -OCH3 is 1. The summed E-state index contributed by atoms with van der Waals surface area (Å²) in [5, 5.41) is 16.4. The van der Waals surface area contributed by atoms with E-state index in [9.17, 15) is 14.3 Å². The number of benzene rings is 1. The van der Waals surface area contributed by atoms with Crippen molar-refractivity contribution in [3.63, 3.8) is 0 Å². The Morgan fingerprint density at radius 2 is 1.98 bits per heavy atom. The number of H-pyrrole nitrogens is 1. The zero-order chi connectivity index (χ0) is 28.2. The molecule has 1 aliphatic heterocycles. The first-order chi connectivity index (χ1) is 19.3. The van der Waals surface area contributed by atoms with E-state index in [-0.39, 0.29) is 24.2 Å². The molecule has 0 bridgehead atoms. The topological polar surface area (TPSA) is 132 Å². The number of piperazine rings is 1. The maximum atomic E-state index is 15.0. The smallest absolute Gasteiger partial charge is 0.244 e. The van der Waals surface area contributed by atoms with Crippen LogP contribution in [-0.4, -0.2) is 93.7 Å². The standard InChI is InChI=1S/C28H33FN8O3/c1-17(38)22-8-7-18(13-30-22)33-28-32-15-21(29)25(35-28)20-14-31-26-19(20)5-4-6-23(26)34-27(39)24(16-40-3)37-11-9-36(2)10-12-37/h4-8,13-15,17,24,31,38H,9-12,16H2,1-3H3,(H,34,39)(H,32,33,35)/t17?,24-/m1/s1. The number of aromatic amines is 1. The minimum absolute atomic E-state index is 0.107. The number of anilines is 3. The molecule has 1 aliphatic rings. The molecule has 1 amide bonds. The van der Waals surface area contributed by atoms with Gasteiger partial charge in [0.05, 0.1) is 47.7 Å². The van der Waals surface area contributed by atoms with E-state index in [1.165, 1.54) is 0 Å². The zero-order valence-electron chi connectivity index (χ0n) is 22.7. The first-order valence-electron chi connectivity index (χ1n) is 13.1. The Kier molecular flexibility index (Phi) is 8.31. The Bertz CT molecular complexity index is 1470. The summed E-state index contributed by atoms with van der Waals surface area (Å²) < 4.78 is 20.4. The Labute approximate surface area is 231 Å². The van der Waals surface area contributed by atoms with Crippen LogP contribution >= 0.6 is 0 Å². The molecule has 4 N–H and O–H groups in total. The Morgan fingerprint density at radius 3 is 2.67 bits per heavy atom. The molecule has 1 fully saturated rings. The van der Waals surface area contributed by atoms with Crippen LogP contribution in [0.1, 0.15) is 18.7 Å². The van der Waals surface area contributed by atoms with Crippen LogP contribution < -0.4 is 10.6 Å². The number of carbonyl (C=O) groups is 1. The Morgan fingerprint density at radius 1 is 1.18 bits per heavy atom. The number of aliphatic hydroxyl groups excluding tert-OH is 1. The highest BCUT2D eigenvalue weighted by Gasteiger charge is 2.29. The van der Waals surface area contributed by atoms with E-state index in [1.54, 1.807) is 38.6 Å². The molecule has 1 aromatic carbocycles. The molecule has 0 spiro atoms. The maximum absolute atomic E-state index is 15.0. The van der Waals surface area contributed by atoms with Crippen LogP contribution in [0.15, 0.2) is 48.9 Å². The normalized spacial score (nSPS) is 16.1. The fourth-order valence-electron chi connectivity index (χ4n) is 4.78. The molecule has 3 aromatic heterocycles. The number of hydrogen-bond donors (Lipinski definition) is 4. The van der Waals surface area contributed by atoms with Gasteiger partial charge in [0.1, 0.15) is 11.7 Å². The van der Waals surface area contributed by atoms with Crippen molar-refractivity contribution < 1.29 is 19.0 Å². The zero-order valence-corrected chi connectivity index (χ0v) is 22.7. The predicted octanol–water partition coefficient (Wildman–Crippen LogP) is 3.16. The number of rotatable bonds is 9. The lowest BCUT2D eigenvalue weighted by atomic mass is 10.1. The summed E-state index contributed by atoms with van der Waals surface area (Å²) in [6.45, 7) is 5.23. The number of amides is 1. The van der Waals surface area contributed by atoms with Gasteiger partial charge in [-0.05, 0) is 32.2 Å². The molecule has 1 unspecified atom stereocenters. The van der Waals surface area contributed by atoms with Gasteiger partial charge in [0.15, 0.2) is 5.82 Å². The molecule has 0 saturated carbocycles. The van der Waals surface area contributed by atoms with Crippen LogP contribution in [0.4, 0.5) is 21.7 Å². The predicted molar refractivity (Wildman–Crippen MR) is 151 cm³/mol. The van der Waals surface area contributed by atoms with Crippen molar-refractivity contribution in [3.8, 4) is 11.3 Å². The molecule has 40 heavy (non-hydrogen) atoms. The lowest BCUT2D eigenvalue weighted by molar-refractivity contribution is -0.124. The van der Waals surface area contributed by atoms with Crippen LogP contribution in [-0.2, 0) is 9.53 Å². The van der Waals surface area contributed by atoms with Gasteiger partial charge in [0.25, 0.3) is 0 Å². The van der Waals surface area contributed by atoms with Crippen molar-refractivity contribution in [1.29, 1.82) is 0 Å². The van der Waals surface area contributed by atoms with Gasteiger partial charge >= 0.3 is 0 Å². The third-order valence-corrected chi connectivity index (χ3v) is 7.05. The van der Waals surface area contributed by atoms with E-state index in [0.29, 0.717) is 33.5 Å². The van der Waals surface area contributed by atoms with Crippen molar-refractivity contribution in [2.75, 3.05) is 57.6 Å². The van der Waals surface area contributed by atoms with Gasteiger partial charge in [-0.2, -0.15) is 0 Å². The van der Waals surface area contributed by atoms with Crippen LogP contribution in [0.25, 0.3) is 22.2 Å². The summed E-state index contributed by atoms with van der Waals surface area (Å²) in [7, 11) is 3.66. The molecule has 2 atom stereocenters. The number of likely N-dealkylation sites (N-methyl/N-ethyl adjacent to an activating group) is 1. The SMILES string of the molecule is COC[C@H](C(=O)Nc1cccc2c(-c3nc(Nc4ccc(C(C)O)nc4)ncc3F)c[nH]c12)N1CCN(C)CC1. The van der Waals surface area contributed by atoms with E-state index in [0.717, 1.165) is 32.4 Å². The molecule has 1 saturated heterocycles. The molecule has 0 radical (unpaired) electrons. The van der Waals surface area contributed by atoms with Gasteiger partial charge in [-0.3, -0.25) is 14.7 Å². The highest BCUT2D eigenvalue weighted by Crippen LogP contribution is 2.33. The van der Waals surface area contributed by atoms with Crippen molar-refractivity contribution in [3.05, 3.63) is 60.4 Å². The number of fused-ring (bicyclic) bond motifs is 1. The number of halogens is 1. The summed E-state index contributed by atoms with van der Waals surface area (Å²) in [6.07, 6.45) is 3.64. The molecule has 0 aliphatic carbocycles. The summed E-state index contributed by atoms with van der Waals surface area (Å²) in [5.74, 6) is -0.556. The third kappa shape index (κ3) is 5.94. The fourth-order valence-corrected chi connectivity index (χ4v) is 4.78. The van der Waals surface area contributed by atoms with E-state index >= 15 is 0 Å². The minimum Gasteiger partial charge on any atom is -0.387 e. The van der Waals surface area contributed by atoms with Gasteiger partial charge in [-0.25, -0.2) is 14.4 Å². The van der Waals surface area contributed by atoms with Crippen LogP contribution in [0.2, 0.25) is 0 Å². The molecule has 4 heterocycles. The lowest BCUT2D eigenvalue weighted by Gasteiger charge is -2.36. The summed E-state index contributed by atoms with van der Waals surface area (Å²) in [5.41, 5.74) is 3.01. The monoisotopic (exact) mass is 548 g/mol. The molecule has 5 rings (SSSR count). The first kappa shape index (κ1) is 27.6. The molecule has 12 heteroatoms. The number of para-hydroxylation sites is 1.